The molecule has 0 aliphatic rings. The smallest absolute Gasteiger partial charge is 0.312 e. The molecule has 122 valence electrons. The van der Waals surface area contributed by atoms with E-state index in [-0.39, 0.29) is 18.7 Å². The van der Waals surface area contributed by atoms with E-state index in [9.17, 15) is 9.59 Å². The van der Waals surface area contributed by atoms with Crippen LogP contribution in [-0.4, -0.2) is 18.7 Å². The lowest BCUT2D eigenvalue weighted by Gasteiger charge is -2.17. The summed E-state index contributed by atoms with van der Waals surface area (Å²) in [7, 11) is 0. The number of anilines is 1. The summed E-state index contributed by atoms with van der Waals surface area (Å²) in [5.41, 5.74) is 7.85. The fourth-order valence-electron chi connectivity index (χ4n) is 1.76. The zero-order valence-electron chi connectivity index (χ0n) is 12.1. The Bertz CT molecular complexity index is 578. The number of carbonyl (C=O) groups is 2. The number of carbonyl (C=O) groups excluding carboxylic acids is 2. The molecule has 0 amide bonds. The summed E-state index contributed by atoms with van der Waals surface area (Å²) < 4.78 is 12.7. The van der Waals surface area contributed by atoms with Gasteiger partial charge in [0.2, 0.25) is 6.79 Å². The van der Waals surface area contributed by atoms with E-state index in [1.165, 1.54) is 6.92 Å². The summed E-state index contributed by atoms with van der Waals surface area (Å²) in [6, 6.07) is 2.00. The van der Waals surface area contributed by atoms with Crippen LogP contribution in [0.4, 0.5) is 5.69 Å². The molecular weight excluding hydrogens is 627 g/mol. The predicted octanol–water partition coefficient (Wildman–Crippen LogP) is 3.72. The van der Waals surface area contributed by atoms with Gasteiger partial charge in [0, 0.05) is 17.6 Å². The van der Waals surface area contributed by atoms with Gasteiger partial charge in [0.05, 0.1) is 11.6 Å². The van der Waals surface area contributed by atoms with Crippen molar-refractivity contribution in [3.8, 4) is 0 Å². The van der Waals surface area contributed by atoms with E-state index in [1.807, 2.05) is 13.0 Å². The van der Waals surface area contributed by atoms with Crippen LogP contribution in [0.1, 0.15) is 25.8 Å². The van der Waals surface area contributed by atoms with Gasteiger partial charge in [0.1, 0.15) is 0 Å². The standard InChI is InChI=1S/C14H16I3NO4/c1-3-8(14(20)22-6-21-7(2)19)4-9-10(15)5-11(16)13(18)12(9)17/h5,8H,3-4,6,18H2,1-2H3. The molecule has 0 radical (unpaired) electrons. The molecule has 1 atom stereocenters. The van der Waals surface area contributed by atoms with E-state index < -0.39 is 5.97 Å². The van der Waals surface area contributed by atoms with Crippen molar-refractivity contribution < 1.29 is 19.1 Å². The third-order valence-corrected chi connectivity index (χ3v) is 6.13. The Morgan fingerprint density at radius 3 is 2.41 bits per heavy atom. The number of hydrogen-bond donors (Lipinski definition) is 1. The molecule has 0 spiro atoms. The Morgan fingerprint density at radius 2 is 1.86 bits per heavy atom. The number of halogens is 3. The fraction of sp³-hybridized carbons (Fsp3) is 0.429. The minimum absolute atomic E-state index is 0.294. The van der Waals surface area contributed by atoms with Crippen LogP contribution < -0.4 is 5.73 Å². The Hall–Kier alpha value is 0.150. The third kappa shape index (κ3) is 5.65. The first kappa shape index (κ1) is 20.2. The lowest BCUT2D eigenvalue weighted by Crippen LogP contribution is -2.22. The quantitative estimate of drug-likeness (QED) is 0.222. The minimum Gasteiger partial charge on any atom is -0.428 e. The van der Waals surface area contributed by atoms with Gasteiger partial charge >= 0.3 is 11.9 Å². The van der Waals surface area contributed by atoms with Gasteiger partial charge in [-0.05, 0) is 92.2 Å². The highest BCUT2D eigenvalue weighted by Gasteiger charge is 2.22. The van der Waals surface area contributed by atoms with Gasteiger partial charge in [-0.25, -0.2) is 0 Å². The minimum atomic E-state index is -0.477. The molecule has 22 heavy (non-hydrogen) atoms. The van der Waals surface area contributed by atoms with Crippen LogP contribution in [0.15, 0.2) is 6.07 Å². The lowest BCUT2D eigenvalue weighted by molar-refractivity contribution is -0.168. The summed E-state index contributed by atoms with van der Waals surface area (Å²) in [6.45, 7) is 2.85. The average molecular weight is 643 g/mol. The van der Waals surface area contributed by atoms with Gasteiger partial charge in [-0.15, -0.1) is 0 Å². The van der Waals surface area contributed by atoms with Gasteiger partial charge in [-0.1, -0.05) is 6.92 Å². The SMILES string of the molecule is CCC(Cc1c(I)cc(I)c(N)c1I)C(=O)OCOC(C)=O. The summed E-state index contributed by atoms with van der Waals surface area (Å²) in [5, 5.41) is 0. The van der Waals surface area contributed by atoms with Crippen molar-refractivity contribution in [1.29, 1.82) is 0 Å². The first-order valence-corrected chi connectivity index (χ1v) is 9.73. The Kier molecular flexibility index (Phi) is 8.67. The number of nitrogens with two attached hydrogens (primary N) is 1. The second kappa shape index (κ2) is 9.45. The topological polar surface area (TPSA) is 78.6 Å². The zero-order chi connectivity index (χ0) is 16.9. The van der Waals surface area contributed by atoms with Gasteiger partial charge in [0.25, 0.3) is 0 Å². The molecule has 5 nitrogen and oxygen atoms in total. The number of nitrogen functional groups attached to an aromatic ring is 1. The van der Waals surface area contributed by atoms with Gasteiger partial charge in [0.15, 0.2) is 0 Å². The van der Waals surface area contributed by atoms with Crippen molar-refractivity contribution in [2.45, 2.75) is 26.7 Å². The molecular formula is C14H16I3NO4. The molecule has 1 aromatic rings. The molecule has 1 rings (SSSR count). The molecule has 2 N–H and O–H groups in total. The second-order valence-electron chi connectivity index (χ2n) is 4.57. The molecule has 1 unspecified atom stereocenters. The highest BCUT2D eigenvalue weighted by Crippen LogP contribution is 2.31. The van der Waals surface area contributed by atoms with Crippen LogP contribution in [0.2, 0.25) is 0 Å². The monoisotopic (exact) mass is 643 g/mol. The number of benzene rings is 1. The maximum Gasteiger partial charge on any atom is 0.312 e. The largest absolute Gasteiger partial charge is 0.428 e. The normalized spacial score (nSPS) is 11.9. The third-order valence-electron chi connectivity index (χ3n) is 3.04. The van der Waals surface area contributed by atoms with Gasteiger partial charge < -0.3 is 15.2 Å². The predicted molar refractivity (Wildman–Crippen MR) is 109 cm³/mol. The molecule has 1 aromatic carbocycles. The Balaban J connectivity index is 2.84. The molecule has 0 aliphatic carbocycles. The van der Waals surface area contributed by atoms with Crippen molar-refractivity contribution in [3.63, 3.8) is 0 Å². The number of esters is 2. The van der Waals surface area contributed by atoms with Gasteiger partial charge in [-0.3, -0.25) is 9.59 Å². The highest BCUT2D eigenvalue weighted by atomic mass is 127. The van der Waals surface area contributed by atoms with Crippen molar-refractivity contribution in [1.82, 2.24) is 0 Å². The molecule has 0 aliphatic heterocycles. The van der Waals surface area contributed by atoms with Crippen molar-refractivity contribution in [3.05, 3.63) is 22.3 Å². The van der Waals surface area contributed by atoms with E-state index in [0.29, 0.717) is 12.8 Å². The van der Waals surface area contributed by atoms with E-state index in [1.54, 1.807) is 0 Å². The Labute approximate surface area is 170 Å². The number of rotatable bonds is 6. The second-order valence-corrected chi connectivity index (χ2v) is 7.98. The van der Waals surface area contributed by atoms with Crippen LogP contribution in [0.3, 0.4) is 0 Å². The maximum atomic E-state index is 12.1. The molecule has 0 saturated carbocycles. The number of ether oxygens (including phenoxy) is 2. The lowest BCUT2D eigenvalue weighted by atomic mass is 9.97. The van der Waals surface area contributed by atoms with E-state index >= 15 is 0 Å². The molecule has 0 bridgehead atoms. The maximum absolute atomic E-state index is 12.1. The molecule has 8 heteroatoms. The van der Waals surface area contributed by atoms with Crippen molar-refractivity contribution in [2.24, 2.45) is 5.92 Å². The van der Waals surface area contributed by atoms with Crippen LogP contribution in [-0.2, 0) is 25.5 Å². The summed E-state index contributed by atoms with van der Waals surface area (Å²) in [6.07, 6.45) is 1.18. The van der Waals surface area contributed by atoms with E-state index in [4.69, 9.17) is 10.5 Å². The summed E-state index contributed by atoms with van der Waals surface area (Å²) in [4.78, 5) is 22.8. The molecule has 0 fully saturated rings. The molecule has 0 saturated heterocycles. The van der Waals surface area contributed by atoms with Crippen LogP contribution in [0, 0.1) is 16.6 Å². The zero-order valence-corrected chi connectivity index (χ0v) is 18.6. The highest BCUT2D eigenvalue weighted by molar-refractivity contribution is 14.1. The van der Waals surface area contributed by atoms with E-state index in [0.717, 1.165) is 22.0 Å². The van der Waals surface area contributed by atoms with Crippen molar-refractivity contribution >= 4 is 85.4 Å². The molecule has 0 aromatic heterocycles. The first-order chi connectivity index (χ1) is 10.3. The first-order valence-electron chi connectivity index (χ1n) is 6.49. The van der Waals surface area contributed by atoms with Crippen molar-refractivity contribution in [2.75, 3.05) is 12.5 Å². The average Bonchev–Trinajstić information content (AvgIpc) is 2.44. The Morgan fingerprint density at radius 1 is 1.23 bits per heavy atom. The van der Waals surface area contributed by atoms with Crippen LogP contribution >= 0.6 is 67.8 Å². The molecule has 0 heterocycles. The van der Waals surface area contributed by atoms with Crippen LogP contribution in [0.25, 0.3) is 0 Å². The van der Waals surface area contributed by atoms with Gasteiger partial charge in [-0.2, -0.15) is 0 Å². The summed E-state index contributed by atoms with van der Waals surface area (Å²) >= 11 is 6.66. The van der Waals surface area contributed by atoms with Crippen LogP contribution in [0.5, 0.6) is 0 Å². The van der Waals surface area contributed by atoms with E-state index in [2.05, 4.69) is 72.5 Å². The fourth-order valence-corrected chi connectivity index (χ4v) is 5.58. The number of hydrogen-bond acceptors (Lipinski definition) is 5. The summed E-state index contributed by atoms with van der Waals surface area (Å²) in [5.74, 6) is -1.14.